The van der Waals surface area contributed by atoms with Crippen molar-refractivity contribution in [2.75, 3.05) is 0 Å². The van der Waals surface area contributed by atoms with Crippen molar-refractivity contribution in [1.82, 2.24) is 14.5 Å². The van der Waals surface area contributed by atoms with Gasteiger partial charge in [0.1, 0.15) is 6.07 Å². The predicted molar refractivity (Wildman–Crippen MR) is 73.6 cm³/mol. The molecule has 0 fully saturated rings. The van der Waals surface area contributed by atoms with Crippen molar-refractivity contribution in [2.45, 2.75) is 12.8 Å². The van der Waals surface area contributed by atoms with Crippen molar-refractivity contribution in [3.63, 3.8) is 0 Å². The van der Waals surface area contributed by atoms with Crippen molar-refractivity contribution in [1.29, 1.82) is 5.26 Å². The topological polar surface area (TPSA) is 57.4 Å². The molecule has 94 valence electrons. The van der Waals surface area contributed by atoms with E-state index in [0.717, 1.165) is 24.1 Å². The first-order chi connectivity index (χ1) is 9.29. The lowest BCUT2D eigenvalue weighted by molar-refractivity contribution is 0.798. The number of nitrogens with one attached hydrogen (secondary N) is 1. The average Bonchev–Trinajstić information content (AvgIpc) is 3.00. The third-order valence-electron chi connectivity index (χ3n) is 3.47. The van der Waals surface area contributed by atoms with E-state index in [1.165, 1.54) is 10.9 Å². The summed E-state index contributed by atoms with van der Waals surface area (Å²) in [6, 6.07) is 10.4. The highest BCUT2D eigenvalue weighted by molar-refractivity contribution is 5.83. The molecule has 0 aliphatic carbocycles. The summed E-state index contributed by atoms with van der Waals surface area (Å²) < 4.78 is 1.92. The summed E-state index contributed by atoms with van der Waals surface area (Å²) >= 11 is 0. The van der Waals surface area contributed by atoms with Crippen LogP contribution in [0.4, 0.5) is 0 Å². The Morgan fingerprint density at radius 1 is 1.32 bits per heavy atom. The third kappa shape index (κ3) is 2.00. The second kappa shape index (κ2) is 4.62. The van der Waals surface area contributed by atoms with Crippen LogP contribution in [0.3, 0.4) is 0 Å². The van der Waals surface area contributed by atoms with E-state index in [-0.39, 0.29) is 0 Å². The quantitative estimate of drug-likeness (QED) is 0.776. The van der Waals surface area contributed by atoms with E-state index in [2.05, 4.69) is 28.2 Å². The number of nitriles is 1. The molecule has 0 saturated carbocycles. The van der Waals surface area contributed by atoms with Crippen molar-refractivity contribution < 1.29 is 0 Å². The van der Waals surface area contributed by atoms with Gasteiger partial charge in [-0.25, -0.2) is 4.98 Å². The zero-order valence-corrected chi connectivity index (χ0v) is 10.7. The van der Waals surface area contributed by atoms with E-state index >= 15 is 0 Å². The molecule has 0 radical (unpaired) electrons. The lowest BCUT2D eigenvalue weighted by atomic mass is 10.1. The fraction of sp³-hybridized carbons (Fsp3) is 0.200. The molecule has 3 rings (SSSR count). The standard InChI is InChI=1S/C15H14N4/c1-19-10-18-14(8-16)15(19)7-6-11-9-17-13-5-3-2-4-12(11)13/h2-5,9-10,17H,6-7H2,1H3. The van der Waals surface area contributed by atoms with E-state index in [9.17, 15) is 0 Å². The predicted octanol–water partition coefficient (Wildman–Crippen LogP) is 2.56. The van der Waals surface area contributed by atoms with Crippen LogP contribution in [-0.4, -0.2) is 14.5 Å². The van der Waals surface area contributed by atoms with E-state index < -0.39 is 0 Å². The average molecular weight is 250 g/mol. The third-order valence-corrected chi connectivity index (χ3v) is 3.47. The highest BCUT2D eigenvalue weighted by Gasteiger charge is 2.10. The number of nitrogens with zero attached hydrogens (tertiary/aromatic N) is 3. The Morgan fingerprint density at radius 2 is 2.16 bits per heavy atom. The molecule has 2 heterocycles. The molecule has 2 aromatic heterocycles. The van der Waals surface area contributed by atoms with Crippen LogP contribution < -0.4 is 0 Å². The molecule has 19 heavy (non-hydrogen) atoms. The van der Waals surface area contributed by atoms with Gasteiger partial charge in [-0.2, -0.15) is 5.26 Å². The molecule has 0 atom stereocenters. The van der Waals surface area contributed by atoms with Gasteiger partial charge in [-0.3, -0.25) is 0 Å². The van der Waals surface area contributed by atoms with Crippen molar-refractivity contribution in [3.8, 4) is 6.07 Å². The van der Waals surface area contributed by atoms with E-state index in [1.807, 2.05) is 29.9 Å². The molecule has 0 bridgehead atoms. The highest BCUT2D eigenvalue weighted by Crippen LogP contribution is 2.20. The summed E-state index contributed by atoms with van der Waals surface area (Å²) in [6.07, 6.45) is 5.47. The summed E-state index contributed by atoms with van der Waals surface area (Å²) in [5, 5.41) is 10.3. The Labute approximate surface area is 111 Å². The second-order valence-corrected chi connectivity index (χ2v) is 4.62. The Bertz CT molecular complexity index is 758. The van der Waals surface area contributed by atoms with Crippen LogP contribution in [0.25, 0.3) is 10.9 Å². The van der Waals surface area contributed by atoms with Gasteiger partial charge in [-0.1, -0.05) is 18.2 Å². The number of H-pyrrole nitrogens is 1. The normalized spacial score (nSPS) is 10.7. The molecule has 4 heteroatoms. The molecular formula is C15H14N4. The Morgan fingerprint density at radius 3 is 3.00 bits per heavy atom. The monoisotopic (exact) mass is 250 g/mol. The van der Waals surface area contributed by atoms with Crippen molar-refractivity contribution in [2.24, 2.45) is 7.05 Å². The molecule has 1 aromatic carbocycles. The summed E-state index contributed by atoms with van der Waals surface area (Å²) in [7, 11) is 1.93. The van der Waals surface area contributed by atoms with Crippen molar-refractivity contribution in [3.05, 3.63) is 53.7 Å². The number of hydrogen-bond donors (Lipinski definition) is 1. The van der Waals surface area contributed by atoms with E-state index in [1.54, 1.807) is 6.33 Å². The molecule has 3 aromatic rings. The molecule has 0 saturated heterocycles. The SMILES string of the molecule is Cn1cnc(C#N)c1CCc1c[nH]c2ccccc12. The number of benzene rings is 1. The second-order valence-electron chi connectivity index (χ2n) is 4.62. The number of aromatic amines is 1. The van der Waals surface area contributed by atoms with Gasteiger partial charge in [0.15, 0.2) is 5.69 Å². The van der Waals surface area contributed by atoms with Crippen LogP contribution >= 0.6 is 0 Å². The zero-order valence-electron chi connectivity index (χ0n) is 10.7. The molecule has 1 N–H and O–H groups in total. The largest absolute Gasteiger partial charge is 0.361 e. The van der Waals surface area contributed by atoms with E-state index in [0.29, 0.717) is 5.69 Å². The lowest BCUT2D eigenvalue weighted by Gasteiger charge is -2.02. The van der Waals surface area contributed by atoms with Crippen LogP contribution in [-0.2, 0) is 19.9 Å². The zero-order chi connectivity index (χ0) is 13.2. The van der Waals surface area contributed by atoms with Crippen LogP contribution in [0.5, 0.6) is 0 Å². The number of aryl methyl sites for hydroxylation is 2. The van der Waals surface area contributed by atoms with Crippen LogP contribution in [0.1, 0.15) is 17.0 Å². The summed E-state index contributed by atoms with van der Waals surface area (Å²) in [4.78, 5) is 7.36. The van der Waals surface area contributed by atoms with Gasteiger partial charge in [0.05, 0.1) is 12.0 Å². The van der Waals surface area contributed by atoms with Crippen LogP contribution in [0.15, 0.2) is 36.8 Å². The van der Waals surface area contributed by atoms with Gasteiger partial charge < -0.3 is 9.55 Å². The molecule has 0 aliphatic rings. The molecular weight excluding hydrogens is 236 g/mol. The number of hydrogen-bond acceptors (Lipinski definition) is 2. The minimum atomic E-state index is 0.530. The first kappa shape index (κ1) is 11.5. The van der Waals surface area contributed by atoms with Crippen LogP contribution in [0.2, 0.25) is 0 Å². The first-order valence-corrected chi connectivity index (χ1v) is 6.25. The number of aromatic nitrogens is 3. The first-order valence-electron chi connectivity index (χ1n) is 6.25. The maximum Gasteiger partial charge on any atom is 0.161 e. The molecule has 0 aliphatic heterocycles. The van der Waals surface area contributed by atoms with Crippen LogP contribution in [0, 0.1) is 11.3 Å². The summed E-state index contributed by atoms with van der Waals surface area (Å²) in [6.45, 7) is 0. The van der Waals surface area contributed by atoms with Gasteiger partial charge >= 0.3 is 0 Å². The molecule has 4 nitrogen and oxygen atoms in total. The minimum Gasteiger partial charge on any atom is -0.361 e. The Hall–Kier alpha value is -2.54. The fourth-order valence-electron chi connectivity index (χ4n) is 2.44. The molecule has 0 amide bonds. The number of fused-ring (bicyclic) bond motifs is 1. The maximum absolute atomic E-state index is 9.03. The van der Waals surface area contributed by atoms with Gasteiger partial charge in [0, 0.05) is 24.1 Å². The summed E-state index contributed by atoms with van der Waals surface area (Å²) in [5.41, 5.74) is 3.96. The fourth-order valence-corrected chi connectivity index (χ4v) is 2.44. The lowest BCUT2D eigenvalue weighted by Crippen LogP contribution is -2.00. The summed E-state index contributed by atoms with van der Waals surface area (Å²) in [5.74, 6) is 0. The molecule has 0 spiro atoms. The smallest absolute Gasteiger partial charge is 0.161 e. The number of para-hydroxylation sites is 1. The Kier molecular flexibility index (Phi) is 2.81. The van der Waals surface area contributed by atoms with Gasteiger partial charge in [0.25, 0.3) is 0 Å². The number of rotatable bonds is 3. The van der Waals surface area contributed by atoms with E-state index in [4.69, 9.17) is 5.26 Å². The number of imidazole rings is 1. The van der Waals surface area contributed by atoms with Crippen molar-refractivity contribution >= 4 is 10.9 Å². The molecule has 0 unspecified atom stereocenters. The van der Waals surface area contributed by atoms with Gasteiger partial charge in [0.2, 0.25) is 0 Å². The highest BCUT2D eigenvalue weighted by atomic mass is 15.0. The van der Waals surface area contributed by atoms with Gasteiger partial charge in [-0.15, -0.1) is 0 Å². The minimum absolute atomic E-state index is 0.530. The maximum atomic E-state index is 9.03. The van der Waals surface area contributed by atoms with Gasteiger partial charge in [-0.05, 0) is 24.5 Å². The Balaban J connectivity index is 1.87.